The Bertz CT molecular complexity index is 493. The highest BCUT2D eigenvalue weighted by Crippen LogP contribution is 2.20. The minimum absolute atomic E-state index is 0.0736. The molecule has 2 rings (SSSR count). The van der Waals surface area contributed by atoms with Crippen LogP contribution in [-0.4, -0.2) is 9.97 Å². The second kappa shape index (κ2) is 5.03. The number of rotatable bonds is 3. The Labute approximate surface area is 101 Å². The number of aromatic nitrogens is 2. The first kappa shape index (κ1) is 11.7. The second-order valence-corrected chi connectivity index (χ2v) is 4.13. The zero-order valence-corrected chi connectivity index (χ0v) is 10.0. The predicted molar refractivity (Wildman–Crippen MR) is 67.1 cm³/mol. The van der Waals surface area contributed by atoms with Gasteiger partial charge in [-0.1, -0.05) is 12.1 Å². The van der Waals surface area contributed by atoms with E-state index in [0.717, 1.165) is 22.4 Å². The van der Waals surface area contributed by atoms with Crippen molar-refractivity contribution in [2.45, 2.75) is 19.9 Å². The normalized spacial score (nSPS) is 12.4. The lowest BCUT2D eigenvalue weighted by Gasteiger charge is -2.16. The fraction of sp³-hybridized carbons (Fsp3) is 0.231. The zero-order valence-electron chi connectivity index (χ0n) is 10.0. The Morgan fingerprint density at radius 2 is 1.94 bits per heavy atom. The van der Waals surface area contributed by atoms with Gasteiger partial charge in [0.2, 0.25) is 0 Å². The van der Waals surface area contributed by atoms with Crippen LogP contribution >= 0.6 is 0 Å². The van der Waals surface area contributed by atoms with Crippen LogP contribution in [0, 0.1) is 13.8 Å². The molecule has 1 atom stereocenters. The van der Waals surface area contributed by atoms with E-state index in [9.17, 15) is 0 Å². The Balaban J connectivity index is 2.36. The quantitative estimate of drug-likeness (QED) is 0.619. The number of nitrogens with one attached hydrogen (secondary N) is 1. The van der Waals surface area contributed by atoms with Gasteiger partial charge >= 0.3 is 0 Å². The maximum atomic E-state index is 5.62. The van der Waals surface area contributed by atoms with Crippen molar-refractivity contribution in [1.82, 2.24) is 15.4 Å². The summed E-state index contributed by atoms with van der Waals surface area (Å²) in [5.74, 6) is 5.62. The molecule has 0 aromatic carbocycles. The van der Waals surface area contributed by atoms with Gasteiger partial charge in [0.1, 0.15) is 0 Å². The van der Waals surface area contributed by atoms with Crippen molar-refractivity contribution in [3.05, 3.63) is 59.2 Å². The standard InChI is InChI=1S/C13H16N4/c1-9-5-12(7-15-6-9)13(17-14)11-4-3-10(2)16-8-11/h3-8,13,17H,14H2,1-2H3. The fourth-order valence-electron chi connectivity index (χ4n) is 1.77. The van der Waals surface area contributed by atoms with Gasteiger partial charge in [-0.15, -0.1) is 0 Å². The molecule has 0 bridgehead atoms. The first-order valence-electron chi connectivity index (χ1n) is 5.51. The SMILES string of the molecule is Cc1cncc(C(NN)c2ccc(C)nc2)c1. The van der Waals surface area contributed by atoms with Crippen molar-refractivity contribution in [2.24, 2.45) is 5.84 Å². The second-order valence-electron chi connectivity index (χ2n) is 4.13. The maximum Gasteiger partial charge on any atom is 0.0739 e. The molecule has 0 radical (unpaired) electrons. The number of nitrogens with two attached hydrogens (primary N) is 1. The van der Waals surface area contributed by atoms with Gasteiger partial charge < -0.3 is 0 Å². The highest BCUT2D eigenvalue weighted by molar-refractivity contribution is 5.30. The molecule has 0 saturated carbocycles. The smallest absolute Gasteiger partial charge is 0.0739 e. The Hall–Kier alpha value is -1.78. The van der Waals surface area contributed by atoms with Crippen LogP contribution in [0.5, 0.6) is 0 Å². The Kier molecular flexibility index (Phi) is 3.46. The molecule has 0 saturated heterocycles. The van der Waals surface area contributed by atoms with Crippen molar-refractivity contribution in [3.8, 4) is 0 Å². The summed E-state index contributed by atoms with van der Waals surface area (Å²) in [7, 11) is 0. The summed E-state index contributed by atoms with van der Waals surface area (Å²) in [6.45, 7) is 3.97. The van der Waals surface area contributed by atoms with E-state index in [0.29, 0.717) is 0 Å². The number of hydrogen-bond acceptors (Lipinski definition) is 4. The summed E-state index contributed by atoms with van der Waals surface area (Å²) in [6, 6.07) is 5.99. The van der Waals surface area contributed by atoms with Crippen LogP contribution in [-0.2, 0) is 0 Å². The first-order chi connectivity index (χ1) is 8.20. The number of hydrogen-bond donors (Lipinski definition) is 2. The van der Waals surface area contributed by atoms with Crippen LogP contribution in [0.25, 0.3) is 0 Å². The lowest BCUT2D eigenvalue weighted by Crippen LogP contribution is -2.29. The minimum atomic E-state index is -0.0736. The largest absolute Gasteiger partial charge is 0.271 e. The van der Waals surface area contributed by atoms with Crippen molar-refractivity contribution < 1.29 is 0 Å². The van der Waals surface area contributed by atoms with Crippen molar-refractivity contribution in [1.29, 1.82) is 0 Å². The maximum absolute atomic E-state index is 5.62. The van der Waals surface area contributed by atoms with E-state index in [2.05, 4.69) is 21.5 Å². The molecule has 2 aromatic rings. The lowest BCUT2D eigenvalue weighted by atomic mass is 10.0. The average molecular weight is 228 g/mol. The summed E-state index contributed by atoms with van der Waals surface area (Å²) in [6.07, 6.45) is 5.48. The third kappa shape index (κ3) is 2.67. The van der Waals surface area contributed by atoms with Crippen molar-refractivity contribution >= 4 is 0 Å². The molecular formula is C13H16N4. The number of aryl methyl sites for hydroxylation is 2. The molecule has 0 aliphatic carbocycles. The van der Waals surface area contributed by atoms with Gasteiger partial charge in [-0.3, -0.25) is 15.8 Å². The van der Waals surface area contributed by atoms with Crippen LogP contribution in [0.3, 0.4) is 0 Å². The van der Waals surface area contributed by atoms with E-state index in [4.69, 9.17) is 5.84 Å². The zero-order chi connectivity index (χ0) is 12.3. The van der Waals surface area contributed by atoms with E-state index < -0.39 is 0 Å². The average Bonchev–Trinajstić information content (AvgIpc) is 2.33. The summed E-state index contributed by atoms with van der Waals surface area (Å²) in [4.78, 5) is 8.46. The van der Waals surface area contributed by atoms with E-state index >= 15 is 0 Å². The van der Waals surface area contributed by atoms with E-state index in [1.165, 1.54) is 0 Å². The molecule has 4 nitrogen and oxygen atoms in total. The highest BCUT2D eigenvalue weighted by atomic mass is 15.2. The molecule has 3 N–H and O–H groups in total. The number of nitrogens with zero attached hydrogens (tertiary/aromatic N) is 2. The molecular weight excluding hydrogens is 212 g/mol. The minimum Gasteiger partial charge on any atom is -0.271 e. The van der Waals surface area contributed by atoms with Crippen LogP contribution in [0.2, 0.25) is 0 Å². The van der Waals surface area contributed by atoms with Gasteiger partial charge in [-0.2, -0.15) is 0 Å². The predicted octanol–water partition coefficient (Wildman–Crippen LogP) is 1.65. The molecule has 0 amide bonds. The molecule has 2 heterocycles. The molecule has 2 aromatic heterocycles. The molecule has 1 unspecified atom stereocenters. The van der Waals surface area contributed by atoms with Gasteiger partial charge in [0.15, 0.2) is 0 Å². The Morgan fingerprint density at radius 1 is 1.12 bits per heavy atom. The van der Waals surface area contributed by atoms with Crippen LogP contribution < -0.4 is 11.3 Å². The third-order valence-electron chi connectivity index (χ3n) is 2.66. The molecule has 0 aliphatic heterocycles. The van der Waals surface area contributed by atoms with Gasteiger partial charge in [-0.25, -0.2) is 5.43 Å². The first-order valence-corrected chi connectivity index (χ1v) is 5.51. The van der Waals surface area contributed by atoms with Crippen molar-refractivity contribution in [3.63, 3.8) is 0 Å². The van der Waals surface area contributed by atoms with Gasteiger partial charge in [0.25, 0.3) is 0 Å². The fourth-order valence-corrected chi connectivity index (χ4v) is 1.77. The topological polar surface area (TPSA) is 63.8 Å². The van der Waals surface area contributed by atoms with E-state index in [1.54, 1.807) is 0 Å². The highest BCUT2D eigenvalue weighted by Gasteiger charge is 2.12. The van der Waals surface area contributed by atoms with E-state index in [1.807, 2.05) is 44.6 Å². The van der Waals surface area contributed by atoms with Gasteiger partial charge in [0.05, 0.1) is 6.04 Å². The molecule has 17 heavy (non-hydrogen) atoms. The number of pyridine rings is 2. The molecule has 88 valence electrons. The summed E-state index contributed by atoms with van der Waals surface area (Å²) >= 11 is 0. The van der Waals surface area contributed by atoms with E-state index in [-0.39, 0.29) is 6.04 Å². The van der Waals surface area contributed by atoms with Crippen LogP contribution in [0.1, 0.15) is 28.4 Å². The summed E-state index contributed by atoms with van der Waals surface area (Å²) in [5.41, 5.74) is 6.98. The lowest BCUT2D eigenvalue weighted by molar-refractivity contribution is 0.631. The summed E-state index contributed by atoms with van der Waals surface area (Å²) in [5, 5.41) is 0. The molecule has 0 aliphatic rings. The van der Waals surface area contributed by atoms with Crippen LogP contribution in [0.4, 0.5) is 0 Å². The Morgan fingerprint density at radius 3 is 2.53 bits per heavy atom. The van der Waals surface area contributed by atoms with Crippen LogP contribution in [0.15, 0.2) is 36.8 Å². The number of hydrazine groups is 1. The summed E-state index contributed by atoms with van der Waals surface area (Å²) < 4.78 is 0. The van der Waals surface area contributed by atoms with Crippen molar-refractivity contribution in [2.75, 3.05) is 0 Å². The third-order valence-corrected chi connectivity index (χ3v) is 2.66. The molecule has 4 heteroatoms. The molecule has 0 fully saturated rings. The van der Waals surface area contributed by atoms with Gasteiger partial charge in [-0.05, 0) is 36.6 Å². The monoisotopic (exact) mass is 228 g/mol. The molecule has 0 spiro atoms. The van der Waals surface area contributed by atoms with Gasteiger partial charge in [0, 0.05) is 24.3 Å².